The molecule has 0 bridgehead atoms. The molecule has 0 spiro atoms. The van der Waals surface area contributed by atoms with E-state index < -0.39 is 10.0 Å². The zero-order valence-electron chi connectivity index (χ0n) is 9.37. The Balaban J connectivity index is 0.00000144. The van der Waals surface area contributed by atoms with E-state index in [4.69, 9.17) is 5.73 Å². The van der Waals surface area contributed by atoms with E-state index in [9.17, 15) is 8.42 Å². The highest BCUT2D eigenvalue weighted by atomic mass is 35.5. The molecule has 0 amide bonds. The van der Waals surface area contributed by atoms with Crippen LogP contribution in [-0.2, 0) is 10.0 Å². The monoisotopic (exact) mass is 276 g/mol. The number of rotatable bonds is 5. The molecule has 1 atom stereocenters. The molecule has 6 heteroatoms. The fourth-order valence-electron chi connectivity index (χ4n) is 1.52. The summed E-state index contributed by atoms with van der Waals surface area (Å²) in [6.45, 7) is 0.267. The Morgan fingerprint density at radius 2 is 1.88 bits per heavy atom. The molecule has 1 aliphatic carbocycles. The van der Waals surface area contributed by atoms with Crippen molar-refractivity contribution in [3.05, 3.63) is 35.9 Å². The number of nitrogens with two attached hydrogens (primary N) is 1. The zero-order valence-corrected chi connectivity index (χ0v) is 11.0. The molecule has 3 N–H and O–H groups in total. The molecule has 1 fully saturated rings. The molecule has 1 aromatic rings. The fraction of sp³-hybridized carbons (Fsp3) is 0.455. The summed E-state index contributed by atoms with van der Waals surface area (Å²) in [6, 6.07) is 9.21. The summed E-state index contributed by atoms with van der Waals surface area (Å²) >= 11 is 0. The van der Waals surface area contributed by atoms with Gasteiger partial charge < -0.3 is 5.73 Å². The molecule has 0 aromatic heterocycles. The summed E-state index contributed by atoms with van der Waals surface area (Å²) in [5.74, 6) is 0. The number of nitrogens with one attached hydrogen (secondary N) is 1. The van der Waals surface area contributed by atoms with Crippen molar-refractivity contribution in [1.82, 2.24) is 4.72 Å². The normalized spacial score (nSPS) is 17.2. The van der Waals surface area contributed by atoms with Gasteiger partial charge in [0, 0.05) is 12.6 Å². The second-order valence-corrected chi connectivity index (χ2v) is 6.16. The lowest BCUT2D eigenvalue weighted by Crippen LogP contribution is -2.34. The van der Waals surface area contributed by atoms with Crippen molar-refractivity contribution >= 4 is 22.4 Å². The number of sulfonamides is 1. The van der Waals surface area contributed by atoms with Gasteiger partial charge in [0.25, 0.3) is 0 Å². The average molecular weight is 277 g/mol. The summed E-state index contributed by atoms with van der Waals surface area (Å²) in [5, 5.41) is -0.185. The average Bonchev–Trinajstić information content (AvgIpc) is 3.11. The highest BCUT2D eigenvalue weighted by Gasteiger charge is 2.35. The topological polar surface area (TPSA) is 72.2 Å². The first-order chi connectivity index (χ1) is 7.59. The van der Waals surface area contributed by atoms with Crippen molar-refractivity contribution in [1.29, 1.82) is 0 Å². The minimum absolute atomic E-state index is 0. The Bertz CT molecular complexity index is 446. The molecule has 4 nitrogen and oxygen atoms in total. The molecule has 96 valence electrons. The van der Waals surface area contributed by atoms with E-state index in [2.05, 4.69) is 4.72 Å². The van der Waals surface area contributed by atoms with Crippen LogP contribution in [0, 0.1) is 0 Å². The SMILES string of the molecule is Cl.NC(CNS(=O)(=O)C1CC1)c1ccccc1. The molecule has 0 radical (unpaired) electrons. The van der Waals surface area contributed by atoms with Gasteiger partial charge in [-0.3, -0.25) is 0 Å². The molecule has 0 saturated heterocycles. The largest absolute Gasteiger partial charge is 0.323 e. The highest BCUT2D eigenvalue weighted by molar-refractivity contribution is 7.90. The van der Waals surface area contributed by atoms with Gasteiger partial charge in [-0.05, 0) is 18.4 Å². The van der Waals surface area contributed by atoms with Crippen LogP contribution in [0.25, 0.3) is 0 Å². The number of hydrogen-bond acceptors (Lipinski definition) is 3. The lowest BCUT2D eigenvalue weighted by molar-refractivity contribution is 0.571. The van der Waals surface area contributed by atoms with Crippen molar-refractivity contribution in [3.63, 3.8) is 0 Å². The number of hydrogen-bond donors (Lipinski definition) is 2. The first kappa shape index (κ1) is 14.4. The van der Waals surface area contributed by atoms with E-state index in [-0.39, 0.29) is 30.2 Å². The molecule has 2 rings (SSSR count). The van der Waals surface area contributed by atoms with Gasteiger partial charge in [0.2, 0.25) is 10.0 Å². The predicted octanol–water partition coefficient (Wildman–Crippen LogP) is 1.19. The van der Waals surface area contributed by atoms with E-state index in [1.807, 2.05) is 30.3 Å². The van der Waals surface area contributed by atoms with Gasteiger partial charge in [0.05, 0.1) is 5.25 Å². The van der Waals surface area contributed by atoms with Gasteiger partial charge >= 0.3 is 0 Å². The summed E-state index contributed by atoms with van der Waals surface area (Å²) < 4.78 is 25.7. The van der Waals surface area contributed by atoms with Gasteiger partial charge in [-0.25, -0.2) is 13.1 Å². The van der Waals surface area contributed by atoms with Crippen LogP contribution in [0.1, 0.15) is 24.4 Å². The Morgan fingerprint density at radius 3 is 2.41 bits per heavy atom. The Hall–Kier alpha value is -0.620. The van der Waals surface area contributed by atoms with E-state index in [0.717, 1.165) is 18.4 Å². The van der Waals surface area contributed by atoms with Crippen LogP contribution in [0.2, 0.25) is 0 Å². The summed E-state index contributed by atoms with van der Waals surface area (Å²) in [7, 11) is -3.12. The van der Waals surface area contributed by atoms with Gasteiger partial charge in [-0.1, -0.05) is 30.3 Å². The van der Waals surface area contributed by atoms with Crippen LogP contribution in [0.15, 0.2) is 30.3 Å². The predicted molar refractivity (Wildman–Crippen MR) is 70.6 cm³/mol. The van der Waals surface area contributed by atoms with Crippen LogP contribution >= 0.6 is 12.4 Å². The van der Waals surface area contributed by atoms with Crippen molar-refractivity contribution in [2.45, 2.75) is 24.1 Å². The van der Waals surface area contributed by atoms with Crippen molar-refractivity contribution < 1.29 is 8.42 Å². The minimum Gasteiger partial charge on any atom is -0.323 e. The van der Waals surface area contributed by atoms with Crippen molar-refractivity contribution in [2.24, 2.45) is 5.73 Å². The molecule has 1 saturated carbocycles. The fourth-order valence-corrected chi connectivity index (χ4v) is 2.92. The molecule has 1 unspecified atom stereocenters. The van der Waals surface area contributed by atoms with Gasteiger partial charge in [0.1, 0.15) is 0 Å². The second-order valence-electron chi connectivity index (χ2n) is 4.11. The molecule has 1 aromatic carbocycles. The van der Waals surface area contributed by atoms with Gasteiger partial charge in [-0.2, -0.15) is 0 Å². The lowest BCUT2D eigenvalue weighted by atomic mass is 10.1. The Labute approximate surface area is 108 Å². The van der Waals surface area contributed by atoms with E-state index in [1.165, 1.54) is 0 Å². The van der Waals surface area contributed by atoms with Gasteiger partial charge in [-0.15, -0.1) is 12.4 Å². The molecule has 0 heterocycles. The van der Waals surface area contributed by atoms with Gasteiger partial charge in [0.15, 0.2) is 0 Å². The zero-order chi connectivity index (χ0) is 11.6. The molecule has 0 aliphatic heterocycles. The molecular formula is C11H17ClN2O2S. The Morgan fingerprint density at radius 1 is 1.29 bits per heavy atom. The Kier molecular flexibility index (Phi) is 4.94. The number of halogens is 1. The first-order valence-electron chi connectivity index (χ1n) is 5.38. The standard InChI is InChI=1S/C11H16N2O2S.ClH/c12-11(9-4-2-1-3-5-9)8-13-16(14,15)10-6-7-10;/h1-5,10-11,13H,6-8,12H2;1H. The smallest absolute Gasteiger partial charge is 0.214 e. The van der Waals surface area contributed by atoms with E-state index in [1.54, 1.807) is 0 Å². The van der Waals surface area contributed by atoms with Crippen LogP contribution in [0.5, 0.6) is 0 Å². The van der Waals surface area contributed by atoms with E-state index in [0.29, 0.717) is 0 Å². The van der Waals surface area contributed by atoms with Crippen LogP contribution in [0.3, 0.4) is 0 Å². The quantitative estimate of drug-likeness (QED) is 0.849. The first-order valence-corrected chi connectivity index (χ1v) is 6.93. The lowest BCUT2D eigenvalue weighted by Gasteiger charge is -2.13. The summed E-state index contributed by atoms with van der Waals surface area (Å²) in [6.07, 6.45) is 1.55. The van der Waals surface area contributed by atoms with E-state index >= 15 is 0 Å². The minimum atomic E-state index is -3.12. The highest BCUT2D eigenvalue weighted by Crippen LogP contribution is 2.27. The van der Waals surface area contributed by atoms with Crippen molar-refractivity contribution in [2.75, 3.05) is 6.54 Å². The third kappa shape index (κ3) is 3.96. The maximum absolute atomic E-state index is 11.6. The molecular weight excluding hydrogens is 260 g/mol. The third-order valence-corrected chi connectivity index (χ3v) is 4.61. The number of benzene rings is 1. The second kappa shape index (κ2) is 5.82. The maximum Gasteiger partial charge on any atom is 0.214 e. The maximum atomic E-state index is 11.6. The molecule has 17 heavy (non-hydrogen) atoms. The summed E-state index contributed by atoms with van der Waals surface area (Å²) in [5.41, 5.74) is 6.84. The van der Waals surface area contributed by atoms with Crippen LogP contribution in [-0.4, -0.2) is 20.2 Å². The van der Waals surface area contributed by atoms with Crippen molar-refractivity contribution in [3.8, 4) is 0 Å². The summed E-state index contributed by atoms with van der Waals surface area (Å²) in [4.78, 5) is 0. The molecule has 1 aliphatic rings. The third-order valence-electron chi connectivity index (χ3n) is 2.70. The van der Waals surface area contributed by atoms with Crippen LogP contribution < -0.4 is 10.5 Å². The van der Waals surface area contributed by atoms with Crippen LogP contribution in [0.4, 0.5) is 0 Å².